The predicted molar refractivity (Wildman–Crippen MR) is 163 cm³/mol. The predicted octanol–water partition coefficient (Wildman–Crippen LogP) is 6.46. The van der Waals surface area contributed by atoms with E-state index in [0.29, 0.717) is 17.9 Å². The Bertz CT molecular complexity index is 1470. The van der Waals surface area contributed by atoms with Crippen LogP contribution in [0.25, 0.3) is 22.2 Å². The van der Waals surface area contributed by atoms with Crippen molar-refractivity contribution in [2.24, 2.45) is 0 Å². The SMILES string of the molecule is Cc1c(-c2ccc(Oc3ccccc3)cc2)c2c(N)ncnc2n1C1CCN(C(C)C=CCN(C)C2CC2)CC1. The fraction of sp³-hybridized carbons (Fsp3) is 0.394. The molecule has 7 heteroatoms. The number of aromatic nitrogens is 3. The van der Waals surface area contributed by atoms with Crippen LogP contribution in [0.2, 0.25) is 0 Å². The lowest BCUT2D eigenvalue weighted by Gasteiger charge is -2.36. The van der Waals surface area contributed by atoms with Gasteiger partial charge in [0.25, 0.3) is 0 Å². The summed E-state index contributed by atoms with van der Waals surface area (Å²) in [5, 5.41) is 0.940. The van der Waals surface area contributed by atoms with Gasteiger partial charge in [-0.05, 0) is 76.4 Å². The minimum atomic E-state index is 0.375. The van der Waals surface area contributed by atoms with Crippen molar-refractivity contribution in [3.63, 3.8) is 0 Å². The average molecular weight is 537 g/mol. The number of hydrogen-bond donors (Lipinski definition) is 1. The maximum Gasteiger partial charge on any atom is 0.146 e. The summed E-state index contributed by atoms with van der Waals surface area (Å²) in [5.41, 5.74) is 10.8. The number of likely N-dealkylation sites (N-methyl/N-ethyl adjacent to an activating group) is 1. The molecule has 0 bridgehead atoms. The minimum absolute atomic E-state index is 0.375. The van der Waals surface area contributed by atoms with E-state index in [0.717, 1.165) is 72.2 Å². The summed E-state index contributed by atoms with van der Waals surface area (Å²) in [4.78, 5) is 14.2. The van der Waals surface area contributed by atoms with Crippen molar-refractivity contribution >= 4 is 16.9 Å². The molecule has 0 radical (unpaired) electrons. The normalized spacial score (nSPS) is 17.7. The number of nitrogens with two attached hydrogens (primary N) is 1. The minimum Gasteiger partial charge on any atom is -0.457 e. The second-order valence-corrected chi connectivity index (χ2v) is 11.3. The molecule has 208 valence electrons. The molecule has 1 saturated carbocycles. The zero-order valence-electron chi connectivity index (χ0n) is 23.8. The van der Waals surface area contributed by atoms with Gasteiger partial charge in [0.05, 0.1) is 5.39 Å². The number of anilines is 1. The Balaban J connectivity index is 1.20. The molecule has 2 N–H and O–H groups in total. The Kier molecular flexibility index (Phi) is 7.59. The lowest BCUT2D eigenvalue weighted by atomic mass is 10.0. The number of ether oxygens (including phenoxy) is 1. The van der Waals surface area contributed by atoms with Crippen LogP contribution in [-0.2, 0) is 0 Å². The van der Waals surface area contributed by atoms with Crippen molar-refractivity contribution in [3.8, 4) is 22.6 Å². The summed E-state index contributed by atoms with van der Waals surface area (Å²) in [6, 6.07) is 19.7. The molecule has 2 aromatic heterocycles. The van der Waals surface area contributed by atoms with E-state index in [1.54, 1.807) is 6.33 Å². The van der Waals surface area contributed by atoms with Crippen molar-refractivity contribution in [2.45, 2.75) is 57.7 Å². The van der Waals surface area contributed by atoms with Gasteiger partial charge in [-0.3, -0.25) is 9.80 Å². The molecule has 1 atom stereocenters. The molecule has 40 heavy (non-hydrogen) atoms. The quantitative estimate of drug-likeness (QED) is 0.248. The Morgan fingerprint density at radius 1 is 1.00 bits per heavy atom. The highest BCUT2D eigenvalue weighted by molar-refractivity contribution is 6.02. The highest BCUT2D eigenvalue weighted by atomic mass is 16.5. The molecule has 2 aliphatic rings. The van der Waals surface area contributed by atoms with Crippen LogP contribution < -0.4 is 10.5 Å². The molecule has 1 unspecified atom stereocenters. The van der Waals surface area contributed by atoms with Crippen LogP contribution in [0.4, 0.5) is 5.82 Å². The first-order chi connectivity index (χ1) is 19.5. The van der Waals surface area contributed by atoms with Crippen LogP contribution in [0, 0.1) is 6.92 Å². The fourth-order valence-electron chi connectivity index (χ4n) is 6.15. The standard InChI is InChI=1S/C33H40N6O/c1-23(8-7-19-37(3)26-13-14-26)38-20-17-27(18-21-38)39-24(2)30(31-32(34)35-22-36-33(31)39)25-11-15-29(16-12-25)40-28-9-5-4-6-10-28/h4-12,15-16,22-23,26-27H,13-14,17-21H2,1-3H3,(H2,34,35,36). The number of likely N-dealkylation sites (tertiary alicyclic amines) is 1. The lowest BCUT2D eigenvalue weighted by Crippen LogP contribution is -2.39. The Labute approximate surface area is 237 Å². The summed E-state index contributed by atoms with van der Waals surface area (Å²) >= 11 is 0. The third-order valence-corrected chi connectivity index (χ3v) is 8.60. The molecule has 6 rings (SSSR count). The average Bonchev–Trinajstić information content (AvgIpc) is 3.78. The molecule has 1 saturated heterocycles. The molecular formula is C33H40N6O. The van der Waals surface area contributed by atoms with Gasteiger partial charge >= 0.3 is 0 Å². The molecule has 0 amide bonds. The monoisotopic (exact) mass is 536 g/mol. The van der Waals surface area contributed by atoms with Gasteiger partial charge in [-0.2, -0.15) is 0 Å². The number of para-hydroxylation sites is 1. The van der Waals surface area contributed by atoms with Crippen LogP contribution in [0.1, 0.15) is 44.3 Å². The third-order valence-electron chi connectivity index (χ3n) is 8.60. The Hall–Kier alpha value is -3.68. The summed E-state index contributed by atoms with van der Waals surface area (Å²) in [6.07, 6.45) is 11.2. The highest BCUT2D eigenvalue weighted by Gasteiger charge is 2.29. The molecular weight excluding hydrogens is 496 g/mol. The van der Waals surface area contributed by atoms with Crippen molar-refractivity contribution < 1.29 is 4.74 Å². The Morgan fingerprint density at radius 2 is 1.70 bits per heavy atom. The van der Waals surface area contributed by atoms with Gasteiger partial charge < -0.3 is 15.0 Å². The van der Waals surface area contributed by atoms with E-state index in [1.165, 1.54) is 18.5 Å². The van der Waals surface area contributed by atoms with Gasteiger partial charge in [-0.15, -0.1) is 0 Å². The van der Waals surface area contributed by atoms with Crippen LogP contribution in [-0.4, -0.2) is 63.1 Å². The van der Waals surface area contributed by atoms with Crippen molar-refractivity contribution in [1.29, 1.82) is 0 Å². The van der Waals surface area contributed by atoms with E-state index < -0.39 is 0 Å². The number of hydrogen-bond acceptors (Lipinski definition) is 6. The molecule has 4 aromatic rings. The number of nitrogen functional groups attached to an aromatic ring is 1. The zero-order valence-corrected chi connectivity index (χ0v) is 23.8. The number of benzene rings is 2. The first kappa shape index (κ1) is 26.5. The van der Waals surface area contributed by atoms with Gasteiger partial charge in [-0.1, -0.05) is 42.5 Å². The van der Waals surface area contributed by atoms with Gasteiger partial charge in [0, 0.05) is 49.0 Å². The van der Waals surface area contributed by atoms with Crippen molar-refractivity contribution in [2.75, 3.05) is 32.4 Å². The van der Waals surface area contributed by atoms with Gasteiger partial charge in [0.15, 0.2) is 0 Å². The van der Waals surface area contributed by atoms with E-state index >= 15 is 0 Å². The van der Waals surface area contributed by atoms with E-state index in [4.69, 9.17) is 15.5 Å². The first-order valence-corrected chi connectivity index (χ1v) is 14.5. The molecule has 1 aliphatic heterocycles. The van der Waals surface area contributed by atoms with Crippen LogP contribution in [0.3, 0.4) is 0 Å². The summed E-state index contributed by atoms with van der Waals surface area (Å²) in [7, 11) is 2.24. The highest BCUT2D eigenvalue weighted by Crippen LogP contribution is 2.40. The van der Waals surface area contributed by atoms with E-state index in [1.807, 2.05) is 42.5 Å². The number of piperidine rings is 1. The van der Waals surface area contributed by atoms with Gasteiger partial charge in [-0.25, -0.2) is 9.97 Å². The largest absolute Gasteiger partial charge is 0.457 e. The summed E-state index contributed by atoms with van der Waals surface area (Å²) in [5.74, 6) is 2.15. The zero-order chi connectivity index (χ0) is 27.6. The number of rotatable bonds is 9. The second-order valence-electron chi connectivity index (χ2n) is 11.3. The summed E-state index contributed by atoms with van der Waals surface area (Å²) in [6.45, 7) is 7.69. The summed E-state index contributed by atoms with van der Waals surface area (Å²) < 4.78 is 8.44. The van der Waals surface area contributed by atoms with Crippen LogP contribution >= 0.6 is 0 Å². The molecule has 3 heterocycles. The first-order valence-electron chi connectivity index (χ1n) is 14.5. The van der Waals surface area contributed by atoms with Crippen molar-refractivity contribution in [3.05, 3.63) is 78.8 Å². The van der Waals surface area contributed by atoms with Gasteiger partial charge in [0.1, 0.15) is 29.3 Å². The topological polar surface area (TPSA) is 72.4 Å². The van der Waals surface area contributed by atoms with Gasteiger partial charge in [0.2, 0.25) is 0 Å². The maximum atomic E-state index is 6.48. The molecule has 2 fully saturated rings. The smallest absolute Gasteiger partial charge is 0.146 e. The number of nitrogens with zero attached hydrogens (tertiary/aromatic N) is 5. The van der Waals surface area contributed by atoms with E-state index in [2.05, 4.69) is 64.5 Å². The van der Waals surface area contributed by atoms with E-state index in [-0.39, 0.29) is 0 Å². The lowest BCUT2D eigenvalue weighted by molar-refractivity contribution is 0.165. The fourth-order valence-corrected chi connectivity index (χ4v) is 6.15. The van der Waals surface area contributed by atoms with E-state index in [9.17, 15) is 0 Å². The number of fused-ring (bicyclic) bond motifs is 1. The molecule has 1 aliphatic carbocycles. The molecule has 2 aromatic carbocycles. The molecule has 0 spiro atoms. The Morgan fingerprint density at radius 3 is 2.40 bits per heavy atom. The van der Waals surface area contributed by atoms with Crippen LogP contribution in [0.5, 0.6) is 11.5 Å². The molecule has 7 nitrogen and oxygen atoms in total. The van der Waals surface area contributed by atoms with Crippen molar-refractivity contribution in [1.82, 2.24) is 24.3 Å². The van der Waals surface area contributed by atoms with Crippen LogP contribution in [0.15, 0.2) is 73.1 Å². The maximum absolute atomic E-state index is 6.48. The second kappa shape index (κ2) is 11.4. The third kappa shape index (κ3) is 5.49.